The lowest BCUT2D eigenvalue weighted by molar-refractivity contribution is 0.280. The number of pyridine rings is 1. The summed E-state index contributed by atoms with van der Waals surface area (Å²) < 4.78 is 0. The molecule has 7 heteroatoms. The third-order valence-electron chi connectivity index (χ3n) is 1.91. The molecule has 0 saturated heterocycles. The average molecular weight is 286 g/mol. The Kier molecular flexibility index (Phi) is 5.58. The summed E-state index contributed by atoms with van der Waals surface area (Å²) in [7, 11) is 0. The van der Waals surface area contributed by atoms with Gasteiger partial charge in [0.05, 0.1) is 23.3 Å². The highest BCUT2D eigenvalue weighted by Crippen LogP contribution is 2.30. The number of hydrogen-bond acceptors (Lipinski definition) is 4. The summed E-state index contributed by atoms with van der Waals surface area (Å²) in [5.41, 5.74) is 0. The van der Waals surface area contributed by atoms with Crippen LogP contribution in [0.2, 0.25) is 15.2 Å². The van der Waals surface area contributed by atoms with Crippen molar-refractivity contribution in [1.82, 2.24) is 4.98 Å². The second kappa shape index (κ2) is 6.47. The van der Waals surface area contributed by atoms with Crippen LogP contribution < -0.4 is 4.90 Å². The van der Waals surface area contributed by atoms with Crippen LogP contribution in [0.5, 0.6) is 0 Å². The van der Waals surface area contributed by atoms with Gasteiger partial charge in [-0.3, -0.25) is 0 Å². The van der Waals surface area contributed by atoms with Crippen molar-refractivity contribution in [2.45, 2.75) is 0 Å². The molecule has 0 amide bonds. The first-order valence-electron chi connectivity index (χ1n) is 4.58. The highest BCUT2D eigenvalue weighted by atomic mass is 35.5. The lowest BCUT2D eigenvalue weighted by atomic mass is 10.4. The molecule has 90 valence electrons. The molecule has 1 heterocycles. The Hall–Kier alpha value is -0.260. The highest BCUT2D eigenvalue weighted by molar-refractivity contribution is 6.42. The molecular formula is C9H11Cl3N2O2. The van der Waals surface area contributed by atoms with E-state index in [0.29, 0.717) is 23.9 Å². The van der Waals surface area contributed by atoms with Gasteiger partial charge in [-0.05, 0) is 6.07 Å². The molecule has 1 rings (SSSR count). The van der Waals surface area contributed by atoms with E-state index in [1.165, 1.54) is 6.07 Å². The van der Waals surface area contributed by atoms with E-state index in [1.807, 2.05) is 0 Å². The van der Waals surface area contributed by atoms with E-state index < -0.39 is 0 Å². The summed E-state index contributed by atoms with van der Waals surface area (Å²) in [6.07, 6.45) is 0. The van der Waals surface area contributed by atoms with E-state index in [9.17, 15) is 0 Å². The zero-order valence-corrected chi connectivity index (χ0v) is 10.6. The fraction of sp³-hybridized carbons (Fsp3) is 0.444. The third kappa shape index (κ3) is 3.37. The van der Waals surface area contributed by atoms with Crippen LogP contribution in [0.1, 0.15) is 0 Å². The van der Waals surface area contributed by atoms with Crippen molar-refractivity contribution in [2.24, 2.45) is 0 Å². The largest absolute Gasteiger partial charge is 0.395 e. The number of aliphatic hydroxyl groups is 2. The van der Waals surface area contributed by atoms with Gasteiger partial charge in [-0.15, -0.1) is 0 Å². The molecule has 16 heavy (non-hydrogen) atoms. The number of halogens is 3. The fourth-order valence-electron chi connectivity index (χ4n) is 1.22. The van der Waals surface area contributed by atoms with Gasteiger partial charge in [0.25, 0.3) is 0 Å². The molecule has 0 radical (unpaired) electrons. The van der Waals surface area contributed by atoms with Crippen molar-refractivity contribution >= 4 is 40.6 Å². The summed E-state index contributed by atoms with van der Waals surface area (Å²) in [5.74, 6) is 0.402. The molecule has 0 saturated carbocycles. The smallest absolute Gasteiger partial charge is 0.150 e. The molecule has 0 unspecified atom stereocenters. The fourth-order valence-corrected chi connectivity index (χ4v) is 1.83. The Morgan fingerprint density at radius 3 is 2.12 bits per heavy atom. The maximum Gasteiger partial charge on any atom is 0.150 e. The SMILES string of the molecule is OCCN(CCO)c1nc(Cl)c(Cl)cc1Cl. The number of anilines is 1. The number of hydrogen-bond donors (Lipinski definition) is 2. The van der Waals surface area contributed by atoms with Gasteiger partial charge in [-0.25, -0.2) is 4.98 Å². The topological polar surface area (TPSA) is 56.6 Å². The van der Waals surface area contributed by atoms with E-state index in [1.54, 1.807) is 4.90 Å². The predicted octanol–water partition coefficient (Wildman–Crippen LogP) is 1.83. The highest BCUT2D eigenvalue weighted by Gasteiger charge is 2.14. The van der Waals surface area contributed by atoms with Crippen LogP contribution in [-0.2, 0) is 0 Å². The number of nitrogens with zero attached hydrogens (tertiary/aromatic N) is 2. The first-order valence-corrected chi connectivity index (χ1v) is 5.71. The molecule has 1 aromatic heterocycles. The second-order valence-corrected chi connectivity index (χ2v) is 4.17. The van der Waals surface area contributed by atoms with Crippen LogP contribution >= 0.6 is 34.8 Å². The van der Waals surface area contributed by atoms with Crippen LogP contribution in [0.15, 0.2) is 6.07 Å². The minimum absolute atomic E-state index is 0.0712. The molecule has 0 aliphatic rings. The van der Waals surface area contributed by atoms with Crippen LogP contribution in [-0.4, -0.2) is 41.5 Å². The molecule has 0 atom stereocenters. The van der Waals surface area contributed by atoms with E-state index in [2.05, 4.69) is 4.98 Å². The van der Waals surface area contributed by atoms with E-state index in [0.717, 1.165) is 0 Å². The molecule has 0 aromatic carbocycles. The van der Waals surface area contributed by atoms with Crippen LogP contribution in [0.3, 0.4) is 0 Å². The monoisotopic (exact) mass is 284 g/mol. The van der Waals surface area contributed by atoms with Crippen molar-refractivity contribution in [2.75, 3.05) is 31.2 Å². The van der Waals surface area contributed by atoms with Crippen molar-refractivity contribution in [3.63, 3.8) is 0 Å². The summed E-state index contributed by atoms with van der Waals surface area (Å²) in [4.78, 5) is 5.64. The van der Waals surface area contributed by atoms with Crippen molar-refractivity contribution in [3.8, 4) is 0 Å². The molecule has 0 spiro atoms. The Morgan fingerprint density at radius 2 is 1.62 bits per heavy atom. The van der Waals surface area contributed by atoms with Gasteiger partial charge >= 0.3 is 0 Å². The number of aliphatic hydroxyl groups excluding tert-OH is 2. The zero-order valence-electron chi connectivity index (χ0n) is 8.33. The zero-order chi connectivity index (χ0) is 12.1. The summed E-state index contributed by atoms with van der Waals surface area (Å²) >= 11 is 17.5. The molecular weight excluding hydrogens is 274 g/mol. The van der Waals surface area contributed by atoms with E-state index in [-0.39, 0.29) is 23.4 Å². The molecule has 0 aliphatic carbocycles. The van der Waals surface area contributed by atoms with Gasteiger partial charge < -0.3 is 15.1 Å². The van der Waals surface area contributed by atoms with E-state index >= 15 is 0 Å². The Bertz CT molecular complexity index is 357. The first kappa shape index (κ1) is 13.8. The quantitative estimate of drug-likeness (QED) is 0.811. The summed E-state index contributed by atoms with van der Waals surface area (Å²) in [6, 6.07) is 1.48. The van der Waals surface area contributed by atoms with Crippen molar-refractivity contribution in [3.05, 3.63) is 21.3 Å². The molecule has 4 nitrogen and oxygen atoms in total. The van der Waals surface area contributed by atoms with Crippen molar-refractivity contribution < 1.29 is 10.2 Å². The molecule has 1 aromatic rings. The van der Waals surface area contributed by atoms with Gasteiger partial charge in [-0.2, -0.15) is 0 Å². The maximum atomic E-state index is 8.89. The summed E-state index contributed by atoms with van der Waals surface area (Å²) in [5, 5.41) is 18.5. The number of rotatable bonds is 5. The number of aromatic nitrogens is 1. The molecule has 2 N–H and O–H groups in total. The van der Waals surface area contributed by atoms with Crippen molar-refractivity contribution in [1.29, 1.82) is 0 Å². The van der Waals surface area contributed by atoms with Gasteiger partial charge in [0.1, 0.15) is 11.0 Å². The molecule has 0 aliphatic heterocycles. The van der Waals surface area contributed by atoms with Crippen LogP contribution in [0.25, 0.3) is 0 Å². The summed E-state index contributed by atoms with van der Waals surface area (Å²) in [6.45, 7) is 0.479. The standard InChI is InChI=1S/C9H11Cl3N2O2/c10-6-5-7(11)9(13-8(6)12)14(1-3-15)2-4-16/h5,15-16H,1-4H2. The average Bonchev–Trinajstić information content (AvgIpc) is 2.23. The van der Waals surface area contributed by atoms with Gasteiger partial charge in [0, 0.05) is 13.1 Å². The second-order valence-electron chi connectivity index (χ2n) is 3.00. The minimum Gasteiger partial charge on any atom is -0.395 e. The normalized spacial score (nSPS) is 10.6. The molecule has 0 fully saturated rings. The first-order chi connectivity index (χ1) is 7.60. The Balaban J connectivity index is 3.03. The van der Waals surface area contributed by atoms with E-state index in [4.69, 9.17) is 45.0 Å². The maximum absolute atomic E-state index is 8.89. The predicted molar refractivity (Wildman–Crippen MR) is 65.7 cm³/mol. The minimum atomic E-state index is -0.0712. The van der Waals surface area contributed by atoms with Gasteiger partial charge in [-0.1, -0.05) is 34.8 Å². The Morgan fingerprint density at radius 1 is 1.06 bits per heavy atom. The molecule has 0 bridgehead atoms. The lowest BCUT2D eigenvalue weighted by Gasteiger charge is -2.22. The lowest BCUT2D eigenvalue weighted by Crippen LogP contribution is -2.30. The Labute approximate surface area is 108 Å². The van der Waals surface area contributed by atoms with Crippen LogP contribution in [0.4, 0.5) is 5.82 Å². The van der Waals surface area contributed by atoms with Gasteiger partial charge in [0.15, 0.2) is 0 Å². The third-order valence-corrected chi connectivity index (χ3v) is 2.86. The van der Waals surface area contributed by atoms with Gasteiger partial charge in [0.2, 0.25) is 0 Å². The van der Waals surface area contributed by atoms with Crippen LogP contribution in [0, 0.1) is 0 Å².